The Morgan fingerprint density at radius 3 is 2.82 bits per heavy atom. The molecule has 2 heteroatoms. The summed E-state index contributed by atoms with van der Waals surface area (Å²) in [6.45, 7) is 0. The van der Waals surface area contributed by atoms with Crippen LogP contribution in [-0.2, 0) is 0 Å². The molecule has 88 valence electrons. The van der Waals surface area contributed by atoms with Gasteiger partial charge < -0.3 is 5.11 Å². The van der Waals surface area contributed by atoms with Gasteiger partial charge in [0, 0.05) is 5.39 Å². The molecule has 0 radical (unpaired) electrons. The lowest BCUT2D eigenvalue weighted by Crippen LogP contribution is -2.01. The van der Waals surface area contributed by atoms with Crippen molar-refractivity contribution in [3.05, 3.63) is 42.1 Å². The van der Waals surface area contributed by atoms with Crippen LogP contribution in [0.15, 0.2) is 36.4 Å². The Morgan fingerprint density at radius 2 is 2.00 bits per heavy atom. The first kappa shape index (κ1) is 10.7. The molecule has 0 aliphatic heterocycles. The van der Waals surface area contributed by atoms with E-state index in [1.165, 1.54) is 12.8 Å². The standard InChI is InChI=1S/C15H17NO/c17-15(10-7-11-5-6-11)14-9-8-12-3-1-2-4-13(12)16-14/h1-4,8-9,11,15,17H,5-7,10H2. The Balaban J connectivity index is 1.78. The minimum absolute atomic E-state index is 0.403. The van der Waals surface area contributed by atoms with E-state index in [1.54, 1.807) is 0 Å². The minimum Gasteiger partial charge on any atom is -0.387 e. The van der Waals surface area contributed by atoms with E-state index in [9.17, 15) is 5.11 Å². The van der Waals surface area contributed by atoms with E-state index in [0.29, 0.717) is 0 Å². The van der Waals surface area contributed by atoms with Crippen molar-refractivity contribution in [1.29, 1.82) is 0 Å². The van der Waals surface area contributed by atoms with Crippen LogP contribution in [0.4, 0.5) is 0 Å². The van der Waals surface area contributed by atoms with Gasteiger partial charge in [-0.25, -0.2) is 0 Å². The summed E-state index contributed by atoms with van der Waals surface area (Å²) >= 11 is 0. The lowest BCUT2D eigenvalue weighted by molar-refractivity contribution is 0.158. The van der Waals surface area contributed by atoms with Gasteiger partial charge in [-0.05, 0) is 30.9 Å². The summed E-state index contributed by atoms with van der Waals surface area (Å²) in [5.41, 5.74) is 1.78. The van der Waals surface area contributed by atoms with E-state index >= 15 is 0 Å². The van der Waals surface area contributed by atoms with Crippen LogP contribution in [0.2, 0.25) is 0 Å². The van der Waals surface area contributed by atoms with E-state index in [2.05, 4.69) is 4.98 Å². The number of para-hydroxylation sites is 1. The van der Waals surface area contributed by atoms with E-state index in [-0.39, 0.29) is 0 Å². The molecule has 0 spiro atoms. The predicted molar refractivity (Wildman–Crippen MR) is 68.7 cm³/mol. The summed E-state index contributed by atoms with van der Waals surface area (Å²) in [5, 5.41) is 11.2. The second kappa shape index (κ2) is 4.46. The average Bonchev–Trinajstić information content (AvgIpc) is 3.19. The normalized spacial score (nSPS) is 17.2. The Labute approximate surface area is 101 Å². The maximum absolute atomic E-state index is 10.1. The highest BCUT2D eigenvalue weighted by molar-refractivity contribution is 5.78. The third kappa shape index (κ3) is 2.47. The van der Waals surface area contributed by atoms with Crippen LogP contribution >= 0.6 is 0 Å². The highest BCUT2D eigenvalue weighted by atomic mass is 16.3. The number of nitrogens with zero attached hydrogens (tertiary/aromatic N) is 1. The van der Waals surface area contributed by atoms with Crippen molar-refractivity contribution in [3.63, 3.8) is 0 Å². The van der Waals surface area contributed by atoms with Crippen molar-refractivity contribution in [1.82, 2.24) is 4.98 Å². The van der Waals surface area contributed by atoms with Crippen LogP contribution in [0.25, 0.3) is 10.9 Å². The number of benzene rings is 1. The van der Waals surface area contributed by atoms with Gasteiger partial charge in [-0.2, -0.15) is 0 Å². The summed E-state index contributed by atoms with van der Waals surface area (Å²) in [6.07, 6.45) is 4.27. The number of aliphatic hydroxyl groups is 1. The fourth-order valence-electron chi connectivity index (χ4n) is 2.22. The number of aliphatic hydroxyl groups excluding tert-OH is 1. The van der Waals surface area contributed by atoms with Crippen LogP contribution in [-0.4, -0.2) is 10.1 Å². The summed E-state index contributed by atoms with van der Waals surface area (Å²) in [5.74, 6) is 0.866. The molecular formula is C15H17NO. The van der Waals surface area contributed by atoms with Crippen LogP contribution in [0, 0.1) is 5.92 Å². The second-order valence-electron chi connectivity index (χ2n) is 4.97. The van der Waals surface area contributed by atoms with Crippen LogP contribution in [0.1, 0.15) is 37.5 Å². The molecular weight excluding hydrogens is 210 g/mol. The van der Waals surface area contributed by atoms with Crippen LogP contribution in [0.5, 0.6) is 0 Å². The average molecular weight is 227 g/mol. The largest absolute Gasteiger partial charge is 0.387 e. The van der Waals surface area contributed by atoms with E-state index in [4.69, 9.17) is 0 Å². The van der Waals surface area contributed by atoms with Crippen molar-refractivity contribution in [3.8, 4) is 0 Å². The van der Waals surface area contributed by atoms with E-state index in [1.807, 2.05) is 36.4 Å². The molecule has 1 aliphatic rings. The van der Waals surface area contributed by atoms with Gasteiger partial charge >= 0.3 is 0 Å². The molecule has 2 nitrogen and oxygen atoms in total. The Hall–Kier alpha value is -1.41. The Bertz CT molecular complexity index is 519. The fourth-order valence-corrected chi connectivity index (χ4v) is 2.22. The SMILES string of the molecule is OC(CCC1CC1)c1ccc2ccccc2n1. The molecule has 2 aromatic rings. The first-order chi connectivity index (χ1) is 8.33. The number of pyridine rings is 1. The molecule has 3 rings (SSSR count). The molecule has 1 aliphatic carbocycles. The zero-order valence-electron chi connectivity index (χ0n) is 9.84. The zero-order valence-corrected chi connectivity index (χ0v) is 9.84. The highest BCUT2D eigenvalue weighted by Crippen LogP contribution is 2.35. The lowest BCUT2D eigenvalue weighted by atomic mass is 10.1. The molecule has 0 amide bonds. The van der Waals surface area contributed by atoms with Crippen molar-refractivity contribution in [2.75, 3.05) is 0 Å². The number of hydrogen-bond acceptors (Lipinski definition) is 2. The molecule has 1 heterocycles. The van der Waals surface area contributed by atoms with E-state index in [0.717, 1.165) is 35.4 Å². The van der Waals surface area contributed by atoms with E-state index < -0.39 is 6.10 Å². The number of rotatable bonds is 4. The van der Waals surface area contributed by atoms with Crippen molar-refractivity contribution in [2.45, 2.75) is 31.8 Å². The predicted octanol–water partition coefficient (Wildman–Crippen LogP) is 3.46. The van der Waals surface area contributed by atoms with Crippen molar-refractivity contribution < 1.29 is 5.11 Å². The van der Waals surface area contributed by atoms with Gasteiger partial charge in [0.25, 0.3) is 0 Å². The highest BCUT2D eigenvalue weighted by Gasteiger charge is 2.22. The molecule has 1 saturated carbocycles. The Kier molecular flexibility index (Phi) is 2.81. The monoisotopic (exact) mass is 227 g/mol. The van der Waals surface area contributed by atoms with Crippen molar-refractivity contribution >= 4 is 10.9 Å². The third-order valence-corrected chi connectivity index (χ3v) is 3.51. The molecule has 1 unspecified atom stereocenters. The third-order valence-electron chi connectivity index (χ3n) is 3.51. The Morgan fingerprint density at radius 1 is 1.18 bits per heavy atom. The lowest BCUT2D eigenvalue weighted by Gasteiger charge is -2.10. The maximum Gasteiger partial charge on any atom is 0.0960 e. The molecule has 17 heavy (non-hydrogen) atoms. The number of hydrogen-bond donors (Lipinski definition) is 1. The second-order valence-corrected chi connectivity index (χ2v) is 4.97. The molecule has 1 atom stereocenters. The molecule has 0 bridgehead atoms. The van der Waals surface area contributed by atoms with Gasteiger partial charge in [0.15, 0.2) is 0 Å². The summed E-state index contributed by atoms with van der Waals surface area (Å²) < 4.78 is 0. The first-order valence-electron chi connectivity index (χ1n) is 6.37. The minimum atomic E-state index is -0.403. The number of aromatic nitrogens is 1. The van der Waals surface area contributed by atoms with Crippen LogP contribution < -0.4 is 0 Å². The first-order valence-corrected chi connectivity index (χ1v) is 6.37. The van der Waals surface area contributed by atoms with Crippen molar-refractivity contribution in [2.24, 2.45) is 5.92 Å². The molecule has 1 aromatic carbocycles. The van der Waals surface area contributed by atoms with Gasteiger partial charge in [0.2, 0.25) is 0 Å². The molecule has 1 fully saturated rings. The summed E-state index contributed by atoms with van der Waals surface area (Å²) in [7, 11) is 0. The van der Waals surface area contributed by atoms with Gasteiger partial charge in [0.1, 0.15) is 0 Å². The zero-order chi connectivity index (χ0) is 11.7. The van der Waals surface area contributed by atoms with Gasteiger partial charge in [-0.1, -0.05) is 37.1 Å². The van der Waals surface area contributed by atoms with Gasteiger partial charge in [-0.3, -0.25) is 4.98 Å². The topological polar surface area (TPSA) is 33.1 Å². The molecule has 1 aromatic heterocycles. The molecule has 1 N–H and O–H groups in total. The van der Waals surface area contributed by atoms with Gasteiger partial charge in [-0.15, -0.1) is 0 Å². The maximum atomic E-state index is 10.1. The fraction of sp³-hybridized carbons (Fsp3) is 0.400. The smallest absolute Gasteiger partial charge is 0.0960 e. The summed E-state index contributed by atoms with van der Waals surface area (Å²) in [6, 6.07) is 12.0. The van der Waals surface area contributed by atoms with Gasteiger partial charge in [0.05, 0.1) is 17.3 Å². The number of fused-ring (bicyclic) bond motifs is 1. The quantitative estimate of drug-likeness (QED) is 0.867. The summed E-state index contributed by atoms with van der Waals surface area (Å²) in [4.78, 5) is 4.52. The van der Waals surface area contributed by atoms with Crippen LogP contribution in [0.3, 0.4) is 0 Å². The molecule has 0 saturated heterocycles.